The summed E-state index contributed by atoms with van der Waals surface area (Å²) in [6.07, 6.45) is 2.06. The molecular formula is C22H28ClN3OS2. The van der Waals surface area contributed by atoms with E-state index in [0.717, 1.165) is 45.4 Å². The van der Waals surface area contributed by atoms with Gasteiger partial charge in [0.05, 0.1) is 10.2 Å². The number of rotatable bonds is 8. The second-order valence-corrected chi connectivity index (χ2v) is 8.51. The molecule has 0 saturated heterocycles. The molecule has 3 aromatic rings. The van der Waals surface area contributed by atoms with E-state index in [9.17, 15) is 4.79 Å². The fourth-order valence-corrected chi connectivity index (χ4v) is 4.75. The molecule has 1 amide bonds. The van der Waals surface area contributed by atoms with Crippen molar-refractivity contribution in [3.8, 4) is 0 Å². The highest BCUT2D eigenvalue weighted by atomic mass is 35.5. The van der Waals surface area contributed by atoms with Gasteiger partial charge in [0.2, 0.25) is 0 Å². The zero-order valence-corrected chi connectivity index (χ0v) is 19.8. The quantitative estimate of drug-likeness (QED) is 0.411. The van der Waals surface area contributed by atoms with Gasteiger partial charge >= 0.3 is 0 Å². The third-order valence-corrected chi connectivity index (χ3v) is 6.71. The minimum absolute atomic E-state index is 0. The number of anilines is 1. The Kier molecular flexibility index (Phi) is 8.96. The molecule has 29 heavy (non-hydrogen) atoms. The molecule has 7 heteroatoms. The smallest absolute Gasteiger partial charge is 0.260 e. The molecule has 0 N–H and O–H groups in total. The van der Waals surface area contributed by atoms with Crippen LogP contribution in [0, 0.1) is 6.92 Å². The first-order chi connectivity index (χ1) is 13.6. The number of benzene rings is 2. The zero-order chi connectivity index (χ0) is 20.1. The van der Waals surface area contributed by atoms with E-state index >= 15 is 0 Å². The highest BCUT2D eigenvalue weighted by Crippen LogP contribution is 2.34. The first-order valence-electron chi connectivity index (χ1n) is 9.61. The maximum Gasteiger partial charge on any atom is 0.260 e. The van der Waals surface area contributed by atoms with Crippen LogP contribution in [0.25, 0.3) is 10.2 Å². The number of likely N-dealkylation sites (N-methyl/N-ethyl adjacent to an activating group) is 1. The maximum atomic E-state index is 13.3. The Hall–Kier alpha value is -1.60. The van der Waals surface area contributed by atoms with E-state index in [1.165, 1.54) is 0 Å². The molecule has 0 saturated carbocycles. The van der Waals surface area contributed by atoms with Gasteiger partial charge in [-0.2, -0.15) is 0 Å². The van der Waals surface area contributed by atoms with E-state index < -0.39 is 0 Å². The van der Waals surface area contributed by atoms with Crippen molar-refractivity contribution in [2.75, 3.05) is 37.3 Å². The molecule has 0 radical (unpaired) electrons. The van der Waals surface area contributed by atoms with Crippen LogP contribution in [0.1, 0.15) is 29.8 Å². The number of carbonyl (C=O) groups is 1. The van der Waals surface area contributed by atoms with Crippen LogP contribution in [-0.2, 0) is 0 Å². The highest BCUT2D eigenvalue weighted by molar-refractivity contribution is 7.98. The number of fused-ring (bicyclic) bond motifs is 1. The van der Waals surface area contributed by atoms with Crippen LogP contribution < -0.4 is 4.90 Å². The molecule has 3 rings (SSSR count). The van der Waals surface area contributed by atoms with Gasteiger partial charge in [0.15, 0.2) is 5.13 Å². The van der Waals surface area contributed by atoms with Gasteiger partial charge in [-0.1, -0.05) is 48.9 Å². The Balaban J connectivity index is 0.00000300. The molecule has 0 aliphatic rings. The number of aromatic nitrogens is 1. The average Bonchev–Trinajstić information content (AvgIpc) is 3.15. The number of aryl methyl sites for hydroxylation is 1. The van der Waals surface area contributed by atoms with Gasteiger partial charge in [-0.3, -0.25) is 9.69 Å². The summed E-state index contributed by atoms with van der Waals surface area (Å²) in [6, 6.07) is 14.0. The van der Waals surface area contributed by atoms with Crippen molar-refractivity contribution in [3.63, 3.8) is 0 Å². The summed E-state index contributed by atoms with van der Waals surface area (Å²) in [5.74, 6) is 0.0110. The van der Waals surface area contributed by atoms with E-state index in [0.29, 0.717) is 12.1 Å². The maximum absolute atomic E-state index is 13.3. The summed E-state index contributed by atoms with van der Waals surface area (Å²) in [5.41, 5.74) is 2.84. The minimum atomic E-state index is 0. The monoisotopic (exact) mass is 449 g/mol. The first kappa shape index (κ1) is 23.7. The van der Waals surface area contributed by atoms with E-state index in [1.54, 1.807) is 23.1 Å². The van der Waals surface area contributed by atoms with Gasteiger partial charge in [0, 0.05) is 23.5 Å². The molecule has 0 aliphatic carbocycles. The van der Waals surface area contributed by atoms with E-state index in [-0.39, 0.29) is 18.3 Å². The standard InChI is InChI=1S/C22H27N3OS2.ClH/c1-5-24(6-2)14-15-25(21(26)17-12-10-16(3)11-13-17)22-23-20-18(27-4)8-7-9-19(20)28-22;/h7-13H,5-6,14-15H2,1-4H3;1H. The van der Waals surface area contributed by atoms with Gasteiger partial charge in [-0.25, -0.2) is 4.98 Å². The second kappa shape index (κ2) is 11.0. The van der Waals surface area contributed by atoms with Crippen LogP contribution in [0.2, 0.25) is 0 Å². The minimum Gasteiger partial charge on any atom is -0.302 e. The largest absolute Gasteiger partial charge is 0.302 e. The van der Waals surface area contributed by atoms with Crippen molar-refractivity contribution in [2.24, 2.45) is 0 Å². The Morgan fingerprint density at radius 2 is 1.76 bits per heavy atom. The fraction of sp³-hybridized carbons (Fsp3) is 0.364. The topological polar surface area (TPSA) is 36.4 Å². The molecular weight excluding hydrogens is 422 g/mol. The summed E-state index contributed by atoms with van der Waals surface area (Å²) < 4.78 is 1.12. The Morgan fingerprint density at radius 1 is 1.07 bits per heavy atom. The van der Waals surface area contributed by atoms with Crippen molar-refractivity contribution in [2.45, 2.75) is 25.7 Å². The number of carbonyl (C=O) groups excluding carboxylic acids is 1. The van der Waals surface area contributed by atoms with Crippen molar-refractivity contribution < 1.29 is 4.79 Å². The molecule has 0 aliphatic heterocycles. The molecule has 0 bridgehead atoms. The highest BCUT2D eigenvalue weighted by Gasteiger charge is 2.22. The van der Waals surface area contributed by atoms with E-state index in [4.69, 9.17) is 4.98 Å². The van der Waals surface area contributed by atoms with Gasteiger partial charge in [0.25, 0.3) is 5.91 Å². The van der Waals surface area contributed by atoms with Crippen molar-refractivity contribution in [1.29, 1.82) is 0 Å². The van der Waals surface area contributed by atoms with Gasteiger partial charge in [-0.05, 0) is 50.5 Å². The van der Waals surface area contributed by atoms with Crippen molar-refractivity contribution in [3.05, 3.63) is 53.6 Å². The molecule has 0 spiro atoms. The Morgan fingerprint density at radius 3 is 2.38 bits per heavy atom. The van der Waals surface area contributed by atoms with Crippen molar-refractivity contribution >= 4 is 56.8 Å². The van der Waals surface area contributed by atoms with E-state index in [1.807, 2.05) is 36.1 Å². The Labute approximate surface area is 187 Å². The second-order valence-electron chi connectivity index (χ2n) is 6.65. The van der Waals surface area contributed by atoms with Crippen LogP contribution in [-0.4, -0.2) is 48.2 Å². The third kappa shape index (κ3) is 5.51. The number of hydrogen-bond donors (Lipinski definition) is 0. The molecule has 1 aromatic heterocycles. The molecule has 156 valence electrons. The van der Waals surface area contributed by atoms with Crippen LogP contribution >= 0.6 is 35.5 Å². The lowest BCUT2D eigenvalue weighted by Crippen LogP contribution is -2.38. The molecule has 4 nitrogen and oxygen atoms in total. The zero-order valence-electron chi connectivity index (χ0n) is 17.3. The lowest BCUT2D eigenvalue weighted by atomic mass is 10.1. The molecule has 0 unspecified atom stereocenters. The molecule has 1 heterocycles. The first-order valence-corrected chi connectivity index (χ1v) is 11.7. The number of thiazole rings is 1. The van der Waals surface area contributed by atoms with Crippen LogP contribution in [0.3, 0.4) is 0 Å². The normalized spacial score (nSPS) is 10.9. The number of halogens is 1. The number of amides is 1. The van der Waals surface area contributed by atoms with Gasteiger partial charge < -0.3 is 4.90 Å². The lowest BCUT2D eigenvalue weighted by molar-refractivity contribution is 0.0984. The van der Waals surface area contributed by atoms with Gasteiger partial charge in [0.1, 0.15) is 0 Å². The number of hydrogen-bond acceptors (Lipinski definition) is 5. The summed E-state index contributed by atoms with van der Waals surface area (Å²) in [7, 11) is 0. The summed E-state index contributed by atoms with van der Waals surface area (Å²) >= 11 is 3.28. The van der Waals surface area contributed by atoms with Crippen molar-refractivity contribution in [1.82, 2.24) is 9.88 Å². The average molecular weight is 450 g/mol. The van der Waals surface area contributed by atoms with Gasteiger partial charge in [-0.15, -0.1) is 24.2 Å². The number of nitrogens with zero attached hydrogens (tertiary/aromatic N) is 3. The van der Waals surface area contributed by atoms with E-state index in [2.05, 4.69) is 43.2 Å². The summed E-state index contributed by atoms with van der Waals surface area (Å²) in [6.45, 7) is 9.73. The van der Waals surface area contributed by atoms with Crippen LogP contribution in [0.4, 0.5) is 5.13 Å². The Bertz CT molecular complexity index is 939. The third-order valence-electron chi connectivity index (χ3n) is 4.90. The lowest BCUT2D eigenvalue weighted by Gasteiger charge is -2.24. The predicted octanol–water partition coefficient (Wildman–Crippen LogP) is 5.74. The molecule has 2 aromatic carbocycles. The number of thioether (sulfide) groups is 1. The number of para-hydroxylation sites is 1. The molecule has 0 atom stereocenters. The van der Waals surface area contributed by atoms with Crippen LogP contribution in [0.15, 0.2) is 47.4 Å². The fourth-order valence-electron chi connectivity index (χ4n) is 3.11. The SMILES string of the molecule is CCN(CC)CCN(C(=O)c1ccc(C)cc1)c1nc2c(SC)cccc2s1.Cl. The summed E-state index contributed by atoms with van der Waals surface area (Å²) in [4.78, 5) is 23.5. The summed E-state index contributed by atoms with van der Waals surface area (Å²) in [5, 5.41) is 0.772. The predicted molar refractivity (Wildman–Crippen MR) is 129 cm³/mol. The van der Waals surface area contributed by atoms with Crippen LogP contribution in [0.5, 0.6) is 0 Å². The molecule has 0 fully saturated rings.